The van der Waals surface area contributed by atoms with Crippen molar-refractivity contribution >= 4 is 17.8 Å². The first-order valence-electron chi connectivity index (χ1n) is 9.46. The Bertz CT molecular complexity index is 1090. The average Bonchev–Trinajstić information content (AvgIpc) is 3.19. The molecule has 0 spiro atoms. The van der Waals surface area contributed by atoms with Crippen molar-refractivity contribution in [3.8, 4) is 11.1 Å². The normalized spacial score (nSPS) is 15.0. The zero-order chi connectivity index (χ0) is 22.0. The Kier molecular flexibility index (Phi) is 5.40. The van der Waals surface area contributed by atoms with Crippen molar-refractivity contribution in [3.05, 3.63) is 60.3 Å². The molecule has 160 valence electrons. The summed E-state index contributed by atoms with van der Waals surface area (Å²) in [6.45, 7) is 2.94. The fourth-order valence-electron chi connectivity index (χ4n) is 3.12. The van der Waals surface area contributed by atoms with E-state index in [1.165, 1.54) is 17.2 Å². The molecule has 0 aromatic carbocycles. The number of alkyl halides is 3. The van der Waals surface area contributed by atoms with Gasteiger partial charge in [-0.05, 0) is 36.8 Å². The van der Waals surface area contributed by atoms with Gasteiger partial charge in [-0.1, -0.05) is 6.07 Å². The van der Waals surface area contributed by atoms with E-state index in [2.05, 4.69) is 30.6 Å². The number of urea groups is 1. The van der Waals surface area contributed by atoms with Crippen LogP contribution in [0.3, 0.4) is 0 Å². The molecule has 0 radical (unpaired) electrons. The third kappa shape index (κ3) is 4.55. The Morgan fingerprint density at radius 3 is 2.58 bits per heavy atom. The first-order valence-corrected chi connectivity index (χ1v) is 9.46. The molecule has 11 heteroatoms. The number of nitrogens with zero attached hydrogens (tertiary/aromatic N) is 5. The van der Waals surface area contributed by atoms with E-state index in [1.54, 1.807) is 24.4 Å². The molecule has 1 aliphatic rings. The van der Waals surface area contributed by atoms with Gasteiger partial charge in [-0.3, -0.25) is 14.9 Å². The minimum Gasteiger partial charge on any atom is -0.346 e. The zero-order valence-corrected chi connectivity index (χ0v) is 16.4. The SMILES string of the molecule is CC(Nc1nccc(N2CCNC2=O)n1)c1ccc(-c2ccnc(C(F)(F)F)c2)cn1. The van der Waals surface area contributed by atoms with Gasteiger partial charge >= 0.3 is 12.2 Å². The molecule has 4 heterocycles. The Morgan fingerprint density at radius 1 is 1.10 bits per heavy atom. The third-order valence-electron chi connectivity index (χ3n) is 4.73. The Labute approximate surface area is 175 Å². The van der Waals surface area contributed by atoms with Gasteiger partial charge in [0.05, 0.1) is 11.7 Å². The summed E-state index contributed by atoms with van der Waals surface area (Å²) in [6, 6.07) is 7.07. The van der Waals surface area contributed by atoms with Crippen LogP contribution in [0.1, 0.15) is 24.4 Å². The molecular weight excluding hydrogens is 411 g/mol. The van der Waals surface area contributed by atoms with Crippen LogP contribution in [-0.4, -0.2) is 39.1 Å². The van der Waals surface area contributed by atoms with Crippen LogP contribution in [0, 0.1) is 0 Å². The third-order valence-corrected chi connectivity index (χ3v) is 4.73. The standard InChI is InChI=1S/C20H18F3N7O/c1-12(28-18-25-7-5-17(29-18)30-9-8-26-19(30)31)15-3-2-14(11-27-15)13-4-6-24-16(10-13)20(21,22)23/h2-7,10-12H,8-9H2,1H3,(H,26,31)(H,25,28,29). The quantitative estimate of drug-likeness (QED) is 0.643. The minimum atomic E-state index is -4.51. The number of carbonyl (C=O) groups excluding carboxylic acids is 1. The molecule has 1 aliphatic heterocycles. The minimum absolute atomic E-state index is 0.209. The first-order chi connectivity index (χ1) is 14.8. The molecule has 8 nitrogen and oxygen atoms in total. The van der Waals surface area contributed by atoms with Crippen molar-refractivity contribution in [1.82, 2.24) is 25.3 Å². The van der Waals surface area contributed by atoms with Gasteiger partial charge < -0.3 is 10.6 Å². The first kappa shape index (κ1) is 20.5. The molecule has 3 aromatic heterocycles. The van der Waals surface area contributed by atoms with Gasteiger partial charge in [0.2, 0.25) is 5.95 Å². The maximum Gasteiger partial charge on any atom is 0.433 e. The van der Waals surface area contributed by atoms with Crippen LogP contribution in [0.5, 0.6) is 0 Å². The summed E-state index contributed by atoms with van der Waals surface area (Å²) in [6.07, 6.45) is -0.316. The number of anilines is 2. The molecule has 1 atom stereocenters. The molecule has 1 unspecified atom stereocenters. The topological polar surface area (TPSA) is 95.9 Å². The van der Waals surface area contributed by atoms with Crippen molar-refractivity contribution in [3.63, 3.8) is 0 Å². The number of amides is 2. The van der Waals surface area contributed by atoms with Gasteiger partial charge in [0.1, 0.15) is 11.5 Å². The molecule has 1 saturated heterocycles. The van der Waals surface area contributed by atoms with Gasteiger partial charge in [0.15, 0.2) is 0 Å². The number of halogens is 3. The Morgan fingerprint density at radius 2 is 1.90 bits per heavy atom. The van der Waals surface area contributed by atoms with Gasteiger partial charge in [-0.15, -0.1) is 0 Å². The Hall–Kier alpha value is -3.76. The predicted molar refractivity (Wildman–Crippen MR) is 107 cm³/mol. The van der Waals surface area contributed by atoms with Gasteiger partial charge in [-0.25, -0.2) is 9.78 Å². The number of pyridine rings is 2. The van der Waals surface area contributed by atoms with Crippen LogP contribution in [-0.2, 0) is 6.18 Å². The van der Waals surface area contributed by atoms with Crippen LogP contribution < -0.4 is 15.5 Å². The lowest BCUT2D eigenvalue weighted by molar-refractivity contribution is -0.141. The molecular formula is C20H18F3N7O. The van der Waals surface area contributed by atoms with E-state index >= 15 is 0 Å². The average molecular weight is 429 g/mol. The molecule has 31 heavy (non-hydrogen) atoms. The maximum absolute atomic E-state index is 12.9. The molecule has 0 aliphatic carbocycles. The number of hydrogen-bond donors (Lipinski definition) is 2. The molecule has 0 bridgehead atoms. The van der Waals surface area contributed by atoms with Gasteiger partial charge in [0, 0.05) is 37.2 Å². The molecule has 1 fully saturated rings. The summed E-state index contributed by atoms with van der Waals surface area (Å²) < 4.78 is 38.7. The summed E-state index contributed by atoms with van der Waals surface area (Å²) in [5.74, 6) is 0.820. The highest BCUT2D eigenvalue weighted by Gasteiger charge is 2.32. The second-order valence-electron chi connectivity index (χ2n) is 6.89. The zero-order valence-electron chi connectivity index (χ0n) is 16.4. The fourth-order valence-corrected chi connectivity index (χ4v) is 3.12. The van der Waals surface area contributed by atoms with Crippen molar-refractivity contribution in [1.29, 1.82) is 0 Å². The summed E-state index contributed by atoms with van der Waals surface area (Å²) in [7, 11) is 0. The summed E-state index contributed by atoms with van der Waals surface area (Å²) in [5, 5.41) is 5.84. The van der Waals surface area contributed by atoms with Gasteiger partial charge in [0.25, 0.3) is 0 Å². The lowest BCUT2D eigenvalue weighted by atomic mass is 10.1. The summed E-state index contributed by atoms with van der Waals surface area (Å²) in [5.41, 5.74) is 0.624. The van der Waals surface area contributed by atoms with E-state index in [4.69, 9.17) is 0 Å². The molecule has 4 rings (SSSR count). The maximum atomic E-state index is 12.9. The second-order valence-corrected chi connectivity index (χ2v) is 6.89. The van der Waals surface area contributed by atoms with E-state index in [1.807, 2.05) is 6.92 Å². The largest absolute Gasteiger partial charge is 0.433 e. The molecule has 0 saturated carbocycles. The smallest absolute Gasteiger partial charge is 0.346 e. The van der Waals surface area contributed by atoms with E-state index in [0.29, 0.717) is 41.7 Å². The summed E-state index contributed by atoms with van der Waals surface area (Å²) in [4.78, 5) is 29.6. The number of carbonyl (C=O) groups is 1. The van der Waals surface area contributed by atoms with Crippen LogP contribution >= 0.6 is 0 Å². The van der Waals surface area contributed by atoms with Crippen molar-refractivity contribution in [2.75, 3.05) is 23.3 Å². The predicted octanol–water partition coefficient (Wildman–Crippen LogP) is 3.66. The van der Waals surface area contributed by atoms with Crippen LogP contribution in [0.4, 0.5) is 29.7 Å². The lowest BCUT2D eigenvalue weighted by Gasteiger charge is -2.17. The number of nitrogens with one attached hydrogen (secondary N) is 2. The van der Waals surface area contributed by atoms with Crippen molar-refractivity contribution < 1.29 is 18.0 Å². The van der Waals surface area contributed by atoms with Crippen LogP contribution in [0.15, 0.2) is 48.9 Å². The van der Waals surface area contributed by atoms with Crippen LogP contribution in [0.2, 0.25) is 0 Å². The number of hydrogen-bond acceptors (Lipinski definition) is 6. The van der Waals surface area contributed by atoms with Gasteiger partial charge in [-0.2, -0.15) is 18.2 Å². The highest BCUT2D eigenvalue weighted by molar-refractivity contribution is 5.93. The highest BCUT2D eigenvalue weighted by Crippen LogP contribution is 2.30. The van der Waals surface area contributed by atoms with Crippen molar-refractivity contribution in [2.45, 2.75) is 19.1 Å². The lowest BCUT2D eigenvalue weighted by Crippen LogP contribution is -2.28. The second kappa shape index (κ2) is 8.17. The van der Waals surface area contributed by atoms with Crippen LogP contribution in [0.25, 0.3) is 11.1 Å². The van der Waals surface area contributed by atoms with E-state index in [-0.39, 0.29) is 12.1 Å². The molecule has 3 aromatic rings. The molecule has 2 N–H and O–H groups in total. The van der Waals surface area contributed by atoms with E-state index in [9.17, 15) is 18.0 Å². The van der Waals surface area contributed by atoms with E-state index < -0.39 is 11.9 Å². The van der Waals surface area contributed by atoms with Crippen molar-refractivity contribution in [2.24, 2.45) is 0 Å². The summed E-state index contributed by atoms with van der Waals surface area (Å²) >= 11 is 0. The Balaban J connectivity index is 1.48. The molecule has 2 amide bonds. The monoisotopic (exact) mass is 429 g/mol. The number of rotatable bonds is 5. The fraction of sp³-hybridized carbons (Fsp3) is 0.250. The number of aromatic nitrogens is 4. The van der Waals surface area contributed by atoms with E-state index in [0.717, 1.165) is 12.3 Å². The highest BCUT2D eigenvalue weighted by atomic mass is 19.4.